The number of ether oxygens (including phenoxy) is 8. The van der Waals surface area contributed by atoms with Gasteiger partial charge in [0.05, 0.1) is 75.4 Å². The Balaban J connectivity index is 0.000000146. The maximum atomic E-state index is 13.2. The first-order chi connectivity index (χ1) is 60.1. The maximum absolute atomic E-state index is 13.2. The van der Waals surface area contributed by atoms with Crippen LogP contribution in [0.3, 0.4) is 0 Å². The van der Waals surface area contributed by atoms with E-state index in [1.807, 2.05) is 0 Å². The Kier molecular flexibility index (Phi) is 29.7. The van der Waals surface area contributed by atoms with Gasteiger partial charge < -0.3 is 60.8 Å². The second-order valence-corrected chi connectivity index (χ2v) is 43.7. The fourth-order valence-electron chi connectivity index (χ4n) is 14.6. The Morgan fingerprint density at radius 3 is 0.727 bits per heavy atom. The molecular weight excluding hydrogens is 1850 g/mol. The molecule has 8 aliphatic heterocycles. The van der Waals surface area contributed by atoms with Gasteiger partial charge in [0.2, 0.25) is 0 Å². The van der Waals surface area contributed by atoms with Crippen LogP contribution in [0.15, 0.2) is 50.6 Å². The molecule has 56 heteroatoms. The van der Waals surface area contributed by atoms with Gasteiger partial charge in [-0.05, 0) is 55.4 Å². The number of alkyl halides is 4. The lowest BCUT2D eigenvalue weighted by Crippen LogP contribution is -2.46. The molecule has 8 fully saturated rings. The number of fused-ring (bicyclic) bond motifs is 8. The highest BCUT2D eigenvalue weighted by Gasteiger charge is 2.64. The lowest BCUT2D eigenvalue weighted by atomic mass is 10.0. The SMILES string of the molecule is CC(C)C(=O)OC[C@@H](C)NP1(=O)OC[C@H]2O[C@@H](n3cnc4c(N)ncnc43)[C@](C)(Cl)[C@@H]2O1.CC(C)C(=O)OC[C@H](C)NP1(=O)OC[C@H]2O[C@@H](n3cnc4c(N)ncnc43)[C@](C)(Cl)[C@@H]2O1.CC(C)C(=O)OC[C@H](C)N[P@@]1(=O)OC[C@H]2O[C@@H](n3cnc4c(N)ncnc43)[C@](C)(Cl)[C@@H]2O1.CC(COC(=O)C(C)C)NP1(=O)OC[C@H]2O[C@@H](n3cnc4c(N)ncnc43)[C@](C)(Cl)[C@@H]2O1. The maximum Gasteiger partial charge on any atom is 0.406 e. The molecule has 0 saturated carbocycles. The third-order valence-corrected chi connectivity index (χ3v) is 29.8. The number of nitrogens with two attached hydrogens (primary N) is 4. The number of nitrogens with one attached hydrogen (secondary N) is 4. The Morgan fingerprint density at radius 2 is 0.547 bits per heavy atom. The molecule has 0 amide bonds. The average molecular weight is 1960 g/mol. The first-order valence-electron chi connectivity index (χ1n) is 40.7. The van der Waals surface area contributed by atoms with Crippen molar-refractivity contribution in [1.82, 2.24) is 98.4 Å². The number of carbonyl (C=O) groups excluding carboxylic acids is 4. The van der Waals surface area contributed by atoms with E-state index in [1.54, 1.807) is 129 Å². The molecule has 704 valence electrons. The number of esters is 4. The summed E-state index contributed by atoms with van der Waals surface area (Å²) in [5, 5.41) is 11.2. The minimum atomic E-state index is -3.74. The number of nitrogen functional groups attached to an aromatic ring is 4. The molecule has 0 radical (unpaired) electrons. The number of halogens is 4. The number of rotatable bonds is 24. The van der Waals surface area contributed by atoms with Crippen LogP contribution in [0, 0.1) is 23.7 Å². The monoisotopic (exact) mass is 1950 g/mol. The molecule has 16 rings (SSSR count). The molecule has 8 aromatic heterocycles. The summed E-state index contributed by atoms with van der Waals surface area (Å²) < 4.78 is 150. The zero-order valence-electron chi connectivity index (χ0n) is 72.4. The number of hydrogen-bond donors (Lipinski definition) is 8. The Labute approximate surface area is 753 Å². The largest absolute Gasteiger partial charge is 0.464 e. The Bertz CT molecular complexity index is 4920. The van der Waals surface area contributed by atoms with Crippen LogP contribution in [0.2, 0.25) is 0 Å². The van der Waals surface area contributed by atoms with Gasteiger partial charge in [0.1, 0.15) is 142 Å². The van der Waals surface area contributed by atoms with E-state index in [9.17, 15) is 37.4 Å². The van der Waals surface area contributed by atoms with Gasteiger partial charge in [-0.25, -0.2) is 98.4 Å². The third kappa shape index (κ3) is 20.9. The van der Waals surface area contributed by atoms with Crippen molar-refractivity contribution in [3.8, 4) is 0 Å². The number of aromatic nitrogens is 16. The summed E-state index contributed by atoms with van der Waals surface area (Å²) in [4.78, 5) is 91.9. The van der Waals surface area contributed by atoms with Gasteiger partial charge in [-0.2, -0.15) is 0 Å². The van der Waals surface area contributed by atoms with Crippen LogP contribution in [0.1, 0.15) is 136 Å². The summed E-state index contributed by atoms with van der Waals surface area (Å²) in [5.41, 5.74) is 27.0. The fourth-order valence-corrected chi connectivity index (χ4v) is 23.4. The number of anilines is 4. The van der Waals surface area contributed by atoms with E-state index < -0.39 is 148 Å². The topological polar surface area (TPSA) is 611 Å². The van der Waals surface area contributed by atoms with Crippen molar-refractivity contribution in [2.75, 3.05) is 75.8 Å². The lowest BCUT2D eigenvalue weighted by Gasteiger charge is -2.36. The summed E-state index contributed by atoms with van der Waals surface area (Å²) in [6.07, 6.45) is 3.09. The second kappa shape index (κ2) is 38.7. The molecule has 48 nitrogen and oxygen atoms in total. The van der Waals surface area contributed by atoms with Gasteiger partial charge in [0.15, 0.2) is 70.8 Å². The predicted molar refractivity (Wildman–Crippen MR) is 459 cm³/mol. The molecule has 0 spiro atoms. The normalized spacial score (nSPS) is 33.4. The van der Waals surface area contributed by atoms with Crippen LogP contribution in [0.5, 0.6) is 0 Å². The van der Waals surface area contributed by atoms with Crippen molar-refractivity contribution < 1.29 is 112 Å². The second-order valence-electron chi connectivity index (χ2n) is 33.6. The van der Waals surface area contributed by atoms with Gasteiger partial charge >= 0.3 is 54.9 Å². The molecule has 8 saturated heterocycles. The van der Waals surface area contributed by atoms with E-state index in [0.717, 1.165) is 0 Å². The van der Waals surface area contributed by atoms with Crippen molar-refractivity contribution in [2.24, 2.45) is 23.7 Å². The molecule has 128 heavy (non-hydrogen) atoms. The van der Waals surface area contributed by atoms with Crippen LogP contribution in [0.4, 0.5) is 23.3 Å². The summed E-state index contributed by atoms with van der Waals surface area (Å²) in [5.74, 6) is -1.48. The number of hydrogen-bond acceptors (Lipinski definition) is 40. The van der Waals surface area contributed by atoms with Crippen LogP contribution >= 0.6 is 77.4 Å². The number of imidazole rings is 4. The molecule has 0 aliphatic carbocycles. The molecule has 24 atom stereocenters. The van der Waals surface area contributed by atoms with Crippen LogP contribution < -0.4 is 43.3 Å². The lowest BCUT2D eigenvalue weighted by molar-refractivity contribution is -0.148. The zero-order chi connectivity index (χ0) is 93.0. The summed E-state index contributed by atoms with van der Waals surface area (Å²) >= 11 is 27.6. The van der Waals surface area contributed by atoms with Crippen molar-refractivity contribution in [3.05, 3.63) is 50.6 Å². The molecule has 8 aromatic rings. The van der Waals surface area contributed by atoms with Crippen molar-refractivity contribution in [2.45, 2.75) is 228 Å². The smallest absolute Gasteiger partial charge is 0.406 e. The molecule has 16 heterocycles. The van der Waals surface area contributed by atoms with Crippen molar-refractivity contribution in [1.29, 1.82) is 0 Å². The van der Waals surface area contributed by atoms with Crippen molar-refractivity contribution in [3.63, 3.8) is 0 Å². The summed E-state index contributed by atoms with van der Waals surface area (Å²) in [6.45, 7) is 27.7. The fraction of sp³-hybridized carbons (Fsp3) is 0.667. The zero-order valence-corrected chi connectivity index (χ0v) is 79.0. The Hall–Kier alpha value is -7.28. The molecule has 4 unspecified atom stereocenters. The van der Waals surface area contributed by atoms with Gasteiger partial charge in [0, 0.05) is 24.2 Å². The summed E-state index contributed by atoms with van der Waals surface area (Å²) in [6, 6.07) is -1.90. The summed E-state index contributed by atoms with van der Waals surface area (Å²) in [7, 11) is -15.0. The minimum absolute atomic E-state index is 0.00396. The van der Waals surface area contributed by atoms with Gasteiger partial charge in [-0.3, -0.25) is 73.6 Å². The highest BCUT2D eigenvalue weighted by molar-refractivity contribution is 7.52. The standard InChI is InChI=1S/4C18H26ClN6O6P/c4*1-9(2)16(26)28-5-10(3)24-32(27)29-6-11-13(31-32)18(4,19)17(30-11)25-8-23-12-14(20)21-7-22-15(12)25/h4*7-11,13,17H,5-6H2,1-4H3,(H,24,27)(H2,20,21,22)/t10?,11-,13-,17-,18-,32?;10-,11+,13+,17+,18+,32?;10-,11+,13+,17+,18+,32+;10-,11-,13-,17-,18-,32?/m1001/s1. The molecule has 8 aliphatic rings. The van der Waals surface area contributed by atoms with Crippen LogP contribution in [-0.4, -0.2) is 247 Å². The molecule has 0 aromatic carbocycles. The number of nitrogens with zero attached hydrogens (tertiary/aromatic N) is 16. The predicted octanol–water partition coefficient (Wildman–Crippen LogP) is 8.02. The van der Waals surface area contributed by atoms with Crippen molar-refractivity contribution >= 4 is 169 Å². The number of carbonyl (C=O) groups is 4. The minimum Gasteiger partial charge on any atom is -0.464 e. The van der Waals surface area contributed by atoms with E-state index in [1.165, 1.54) is 50.6 Å². The van der Waals surface area contributed by atoms with E-state index >= 15 is 0 Å². The molecular formula is C72H104Cl4N24O24P4. The average Bonchev–Trinajstić information content (AvgIpc) is 1.59. The Morgan fingerprint density at radius 1 is 0.359 bits per heavy atom. The molecule has 0 bridgehead atoms. The first-order valence-corrected chi connectivity index (χ1v) is 48.3. The van der Waals surface area contributed by atoms with E-state index in [4.69, 9.17) is 143 Å². The first kappa shape index (κ1) is 98.2. The van der Waals surface area contributed by atoms with Gasteiger partial charge in [-0.15, -0.1) is 46.4 Å². The van der Waals surface area contributed by atoms with Crippen LogP contribution in [0.25, 0.3) is 44.7 Å². The highest BCUT2D eigenvalue weighted by atomic mass is 35.5. The quantitative estimate of drug-likeness (QED) is 0.0123. The highest BCUT2D eigenvalue weighted by Crippen LogP contribution is 2.62. The van der Waals surface area contributed by atoms with E-state index in [0.29, 0.717) is 44.7 Å². The van der Waals surface area contributed by atoms with Crippen LogP contribution in [-0.2, 0) is 112 Å². The van der Waals surface area contributed by atoms with E-state index in [2.05, 4.69) is 80.2 Å². The molecule has 12 N–H and O–H groups in total. The van der Waals surface area contributed by atoms with Gasteiger partial charge in [0.25, 0.3) is 0 Å². The van der Waals surface area contributed by atoms with E-state index in [-0.39, 0.29) is 124 Å². The van der Waals surface area contributed by atoms with Gasteiger partial charge in [-0.1, -0.05) is 55.4 Å². The third-order valence-electron chi connectivity index (χ3n) is 21.2.